The second-order valence-corrected chi connectivity index (χ2v) is 4.09. The average molecular weight is 279 g/mol. The highest BCUT2D eigenvalue weighted by molar-refractivity contribution is 5.89. The first-order chi connectivity index (χ1) is 9.52. The topological polar surface area (TPSA) is 81.7 Å². The summed E-state index contributed by atoms with van der Waals surface area (Å²) in [5, 5.41) is 2.51. The number of carbonyl (C=O) groups excluding carboxylic acids is 3. The summed E-state index contributed by atoms with van der Waals surface area (Å²) in [4.78, 5) is 33.4. The molecule has 108 valence electrons. The van der Waals surface area contributed by atoms with Crippen LogP contribution < -0.4 is 5.32 Å². The molecule has 0 aliphatic heterocycles. The van der Waals surface area contributed by atoms with E-state index in [0.717, 1.165) is 0 Å². The number of methoxy groups -OCH3 is 1. The smallest absolute Gasteiger partial charge is 0.337 e. The van der Waals surface area contributed by atoms with Gasteiger partial charge in [-0.3, -0.25) is 9.59 Å². The zero-order valence-corrected chi connectivity index (χ0v) is 11.5. The normalized spacial score (nSPS) is 9.70. The molecule has 0 atom stereocenters. The van der Waals surface area contributed by atoms with E-state index in [4.69, 9.17) is 4.74 Å². The van der Waals surface area contributed by atoms with Crippen LogP contribution in [0.5, 0.6) is 0 Å². The fraction of sp³-hybridized carbons (Fsp3) is 0.357. The van der Waals surface area contributed by atoms with Crippen LogP contribution in [0.15, 0.2) is 24.3 Å². The van der Waals surface area contributed by atoms with E-state index in [2.05, 4.69) is 10.1 Å². The van der Waals surface area contributed by atoms with Gasteiger partial charge in [0.15, 0.2) is 0 Å². The predicted molar refractivity (Wildman–Crippen MR) is 70.9 cm³/mol. The summed E-state index contributed by atoms with van der Waals surface area (Å²) < 4.78 is 9.64. The van der Waals surface area contributed by atoms with Crippen molar-refractivity contribution in [3.8, 4) is 0 Å². The molecule has 0 heterocycles. The molecule has 0 radical (unpaired) electrons. The molecule has 0 bridgehead atoms. The molecule has 20 heavy (non-hydrogen) atoms. The SMILES string of the molecule is COC(=O)c1cccc(COC(=O)CCNC(C)=O)c1. The Morgan fingerprint density at radius 2 is 2.00 bits per heavy atom. The Morgan fingerprint density at radius 3 is 2.65 bits per heavy atom. The summed E-state index contributed by atoms with van der Waals surface area (Å²) in [5.41, 5.74) is 1.10. The average Bonchev–Trinajstić information content (AvgIpc) is 2.44. The summed E-state index contributed by atoms with van der Waals surface area (Å²) in [6.45, 7) is 1.70. The summed E-state index contributed by atoms with van der Waals surface area (Å²) >= 11 is 0. The van der Waals surface area contributed by atoms with Crippen LogP contribution in [0, 0.1) is 0 Å². The highest BCUT2D eigenvalue weighted by atomic mass is 16.5. The lowest BCUT2D eigenvalue weighted by Gasteiger charge is -2.06. The second-order valence-electron chi connectivity index (χ2n) is 4.09. The Bertz CT molecular complexity index is 498. The molecule has 1 aromatic rings. The number of hydrogen-bond acceptors (Lipinski definition) is 5. The number of esters is 2. The van der Waals surface area contributed by atoms with Gasteiger partial charge in [-0.1, -0.05) is 12.1 Å². The van der Waals surface area contributed by atoms with Crippen LogP contribution in [0.1, 0.15) is 29.3 Å². The van der Waals surface area contributed by atoms with E-state index in [0.29, 0.717) is 11.1 Å². The van der Waals surface area contributed by atoms with Gasteiger partial charge in [-0.15, -0.1) is 0 Å². The number of nitrogens with one attached hydrogen (secondary N) is 1. The molecule has 1 aromatic carbocycles. The number of hydrogen-bond donors (Lipinski definition) is 1. The standard InChI is InChI=1S/C14H17NO5/c1-10(16)15-7-6-13(17)20-9-11-4-3-5-12(8-11)14(18)19-2/h3-5,8H,6-7,9H2,1-2H3,(H,15,16). The van der Waals surface area contributed by atoms with Gasteiger partial charge in [0.1, 0.15) is 6.61 Å². The number of carbonyl (C=O) groups is 3. The van der Waals surface area contributed by atoms with E-state index >= 15 is 0 Å². The van der Waals surface area contributed by atoms with E-state index in [1.165, 1.54) is 14.0 Å². The van der Waals surface area contributed by atoms with Crippen molar-refractivity contribution in [2.45, 2.75) is 20.0 Å². The zero-order chi connectivity index (χ0) is 15.0. The monoisotopic (exact) mass is 279 g/mol. The van der Waals surface area contributed by atoms with Crippen molar-refractivity contribution in [1.29, 1.82) is 0 Å². The summed E-state index contributed by atoms with van der Waals surface area (Å²) in [5.74, 6) is -1.05. The third-order valence-corrected chi connectivity index (χ3v) is 2.45. The molecule has 0 aromatic heterocycles. The highest BCUT2D eigenvalue weighted by Crippen LogP contribution is 2.08. The van der Waals surface area contributed by atoms with Crippen molar-refractivity contribution < 1.29 is 23.9 Å². The first-order valence-corrected chi connectivity index (χ1v) is 6.10. The molecule has 1 amide bonds. The van der Waals surface area contributed by atoms with E-state index in [1.807, 2.05) is 0 Å². The number of amides is 1. The number of rotatable bonds is 6. The lowest BCUT2D eigenvalue weighted by atomic mass is 10.1. The molecule has 6 heteroatoms. The van der Waals surface area contributed by atoms with Crippen LogP contribution in [0.25, 0.3) is 0 Å². The van der Waals surface area contributed by atoms with Gasteiger partial charge in [0.2, 0.25) is 5.91 Å². The maximum atomic E-state index is 11.4. The lowest BCUT2D eigenvalue weighted by Crippen LogP contribution is -2.23. The Hall–Kier alpha value is -2.37. The molecule has 1 N–H and O–H groups in total. The molecule has 0 aliphatic carbocycles. The Morgan fingerprint density at radius 1 is 1.25 bits per heavy atom. The van der Waals surface area contributed by atoms with Crippen molar-refractivity contribution in [3.05, 3.63) is 35.4 Å². The van der Waals surface area contributed by atoms with Gasteiger partial charge >= 0.3 is 11.9 Å². The van der Waals surface area contributed by atoms with Crippen molar-refractivity contribution >= 4 is 17.8 Å². The zero-order valence-electron chi connectivity index (χ0n) is 11.5. The van der Waals surface area contributed by atoms with Crippen molar-refractivity contribution in [2.24, 2.45) is 0 Å². The molecule has 0 aliphatic rings. The van der Waals surface area contributed by atoms with Gasteiger partial charge in [-0.05, 0) is 17.7 Å². The van der Waals surface area contributed by atoms with E-state index in [9.17, 15) is 14.4 Å². The lowest BCUT2D eigenvalue weighted by molar-refractivity contribution is -0.144. The van der Waals surface area contributed by atoms with Crippen LogP contribution in [-0.2, 0) is 25.7 Å². The van der Waals surface area contributed by atoms with Gasteiger partial charge in [-0.25, -0.2) is 4.79 Å². The molecule has 0 fully saturated rings. The van der Waals surface area contributed by atoms with Gasteiger partial charge in [0, 0.05) is 13.5 Å². The third kappa shape index (κ3) is 5.51. The molecular weight excluding hydrogens is 262 g/mol. The summed E-state index contributed by atoms with van der Waals surface area (Å²) in [7, 11) is 1.30. The van der Waals surface area contributed by atoms with Crippen LogP contribution in [-0.4, -0.2) is 31.5 Å². The molecule has 0 saturated heterocycles. The summed E-state index contributed by atoms with van der Waals surface area (Å²) in [6, 6.07) is 6.65. The van der Waals surface area contributed by atoms with E-state index in [-0.39, 0.29) is 25.5 Å². The molecule has 0 saturated carbocycles. The Labute approximate surface area is 117 Å². The predicted octanol–water partition coefficient (Wildman–Crippen LogP) is 1.04. The minimum Gasteiger partial charge on any atom is -0.465 e. The summed E-state index contributed by atoms with van der Waals surface area (Å²) in [6.07, 6.45) is 0.107. The quantitative estimate of drug-likeness (QED) is 0.787. The van der Waals surface area contributed by atoms with Crippen LogP contribution >= 0.6 is 0 Å². The number of benzene rings is 1. The minimum atomic E-state index is -0.441. The fourth-order valence-electron chi connectivity index (χ4n) is 1.48. The van der Waals surface area contributed by atoms with Gasteiger partial charge in [0.05, 0.1) is 19.1 Å². The van der Waals surface area contributed by atoms with Gasteiger partial charge in [0.25, 0.3) is 0 Å². The largest absolute Gasteiger partial charge is 0.465 e. The Balaban J connectivity index is 2.43. The van der Waals surface area contributed by atoms with Crippen molar-refractivity contribution in [1.82, 2.24) is 5.32 Å². The molecule has 6 nitrogen and oxygen atoms in total. The van der Waals surface area contributed by atoms with Gasteiger partial charge < -0.3 is 14.8 Å². The van der Waals surface area contributed by atoms with Crippen LogP contribution in [0.3, 0.4) is 0 Å². The molecule has 1 rings (SSSR count). The highest BCUT2D eigenvalue weighted by Gasteiger charge is 2.07. The van der Waals surface area contributed by atoms with Crippen molar-refractivity contribution in [3.63, 3.8) is 0 Å². The second kappa shape index (κ2) is 7.93. The molecular formula is C14H17NO5. The van der Waals surface area contributed by atoms with Crippen LogP contribution in [0.4, 0.5) is 0 Å². The van der Waals surface area contributed by atoms with Crippen LogP contribution in [0.2, 0.25) is 0 Å². The maximum Gasteiger partial charge on any atom is 0.337 e. The van der Waals surface area contributed by atoms with E-state index in [1.54, 1.807) is 24.3 Å². The Kier molecular flexibility index (Phi) is 6.22. The third-order valence-electron chi connectivity index (χ3n) is 2.45. The van der Waals surface area contributed by atoms with Gasteiger partial charge in [-0.2, -0.15) is 0 Å². The molecule has 0 unspecified atom stereocenters. The molecule has 0 spiro atoms. The van der Waals surface area contributed by atoms with E-state index < -0.39 is 11.9 Å². The first-order valence-electron chi connectivity index (χ1n) is 6.10. The van der Waals surface area contributed by atoms with Crippen molar-refractivity contribution in [2.75, 3.05) is 13.7 Å². The fourth-order valence-corrected chi connectivity index (χ4v) is 1.48. The minimum absolute atomic E-state index is 0.0732. The number of ether oxygens (including phenoxy) is 2. The first kappa shape index (κ1) is 15.7. The maximum absolute atomic E-state index is 11.4.